The molecule has 140 valence electrons. The quantitative estimate of drug-likeness (QED) is 0.521. The highest BCUT2D eigenvalue weighted by Crippen LogP contribution is 2.71. The zero-order chi connectivity index (χ0) is 19.5. The van der Waals surface area contributed by atoms with Gasteiger partial charge in [-0.1, -0.05) is 20.8 Å². The highest BCUT2D eigenvalue weighted by Gasteiger charge is 2.94. The lowest BCUT2D eigenvalue weighted by atomic mass is 9.59. The van der Waals surface area contributed by atoms with Crippen LogP contribution in [0.4, 0.5) is 57.1 Å². The molecule has 0 aliphatic carbocycles. The van der Waals surface area contributed by atoms with E-state index in [2.05, 4.69) is 0 Å². The summed E-state index contributed by atoms with van der Waals surface area (Å²) in [5.74, 6) is -15.1. The number of alkyl halides is 13. The van der Waals surface area contributed by atoms with Gasteiger partial charge in [0, 0.05) is 0 Å². The Balaban J connectivity index is 7.12. The third-order valence-corrected chi connectivity index (χ3v) is 3.20. The molecule has 0 saturated heterocycles. The minimum atomic E-state index is -7.59. The lowest BCUT2D eigenvalue weighted by Crippen LogP contribution is -2.74. The standard InChI is InChI=1S/C10H9F13/c1-4(2,3)5(8(15,16)17,9(18,19)20)6(11,12)7(13,14)10(21,22)23/h1-3H3. The van der Waals surface area contributed by atoms with Crippen LogP contribution in [-0.2, 0) is 0 Å². The highest BCUT2D eigenvalue weighted by molar-refractivity contribution is 5.15. The van der Waals surface area contributed by atoms with Crippen LogP contribution in [0.25, 0.3) is 0 Å². The van der Waals surface area contributed by atoms with Crippen molar-refractivity contribution >= 4 is 0 Å². The zero-order valence-electron chi connectivity index (χ0n) is 11.4. The Morgan fingerprint density at radius 2 is 0.652 bits per heavy atom. The first-order valence-electron chi connectivity index (χ1n) is 5.46. The molecule has 0 radical (unpaired) electrons. The van der Waals surface area contributed by atoms with E-state index in [1.807, 2.05) is 0 Å². The van der Waals surface area contributed by atoms with Crippen LogP contribution in [0.5, 0.6) is 0 Å². The Morgan fingerprint density at radius 3 is 0.783 bits per heavy atom. The van der Waals surface area contributed by atoms with Crippen LogP contribution >= 0.6 is 0 Å². The maximum Gasteiger partial charge on any atom is 0.459 e. The molecule has 0 atom stereocenters. The second-order valence-corrected chi connectivity index (χ2v) is 5.64. The molecular formula is C10H9F13. The largest absolute Gasteiger partial charge is 0.459 e. The van der Waals surface area contributed by atoms with Gasteiger partial charge < -0.3 is 0 Å². The number of rotatable bonds is 2. The van der Waals surface area contributed by atoms with E-state index in [0.29, 0.717) is 0 Å². The number of halogens is 13. The average molecular weight is 376 g/mol. The van der Waals surface area contributed by atoms with Gasteiger partial charge in [0.05, 0.1) is 0 Å². The summed E-state index contributed by atoms with van der Waals surface area (Å²) in [5, 5.41) is 0. The van der Waals surface area contributed by atoms with Gasteiger partial charge in [0.15, 0.2) is 0 Å². The van der Waals surface area contributed by atoms with E-state index >= 15 is 0 Å². The van der Waals surface area contributed by atoms with Crippen molar-refractivity contribution in [2.75, 3.05) is 0 Å². The molecule has 0 aliphatic heterocycles. The van der Waals surface area contributed by atoms with Gasteiger partial charge in [0.1, 0.15) is 0 Å². The van der Waals surface area contributed by atoms with Crippen LogP contribution in [0.15, 0.2) is 0 Å². The lowest BCUT2D eigenvalue weighted by Gasteiger charge is -2.51. The predicted molar refractivity (Wildman–Crippen MR) is 49.9 cm³/mol. The molecule has 0 heterocycles. The normalized spacial score (nSPS) is 16.7. The van der Waals surface area contributed by atoms with Crippen molar-refractivity contribution in [1.29, 1.82) is 0 Å². The Kier molecular flexibility index (Phi) is 4.84. The molecule has 0 spiro atoms. The summed E-state index contributed by atoms with van der Waals surface area (Å²) in [5.41, 5.74) is -10.4. The molecule has 0 aromatic heterocycles. The molecule has 0 bridgehead atoms. The first-order valence-corrected chi connectivity index (χ1v) is 5.46. The fourth-order valence-corrected chi connectivity index (χ4v) is 2.25. The van der Waals surface area contributed by atoms with Crippen LogP contribution in [-0.4, -0.2) is 30.4 Å². The van der Waals surface area contributed by atoms with Crippen molar-refractivity contribution in [1.82, 2.24) is 0 Å². The van der Waals surface area contributed by atoms with Crippen LogP contribution in [0, 0.1) is 10.8 Å². The van der Waals surface area contributed by atoms with E-state index in [1.54, 1.807) is 0 Å². The molecule has 0 aliphatic rings. The maximum absolute atomic E-state index is 13.6. The predicted octanol–water partition coefficient (Wildman–Crippen LogP) is 5.98. The monoisotopic (exact) mass is 376 g/mol. The van der Waals surface area contributed by atoms with E-state index in [-0.39, 0.29) is 20.8 Å². The maximum atomic E-state index is 13.6. The van der Waals surface area contributed by atoms with Crippen molar-refractivity contribution < 1.29 is 57.1 Å². The number of hydrogen-bond acceptors (Lipinski definition) is 0. The van der Waals surface area contributed by atoms with Gasteiger partial charge in [-0.3, -0.25) is 0 Å². The van der Waals surface area contributed by atoms with Crippen molar-refractivity contribution in [2.45, 2.75) is 51.1 Å². The van der Waals surface area contributed by atoms with Crippen molar-refractivity contribution in [3.63, 3.8) is 0 Å². The third kappa shape index (κ3) is 2.73. The minimum Gasteiger partial charge on any atom is -0.198 e. The molecule has 0 fully saturated rings. The van der Waals surface area contributed by atoms with Crippen molar-refractivity contribution in [2.24, 2.45) is 10.8 Å². The summed E-state index contributed by atoms with van der Waals surface area (Å²) in [6, 6.07) is 0. The molecule has 0 aromatic rings. The van der Waals surface area contributed by atoms with Gasteiger partial charge in [-0.25, -0.2) is 0 Å². The van der Waals surface area contributed by atoms with Crippen LogP contribution < -0.4 is 0 Å². The Morgan fingerprint density at radius 1 is 0.391 bits per heavy atom. The second-order valence-electron chi connectivity index (χ2n) is 5.64. The topological polar surface area (TPSA) is 0 Å². The van der Waals surface area contributed by atoms with Gasteiger partial charge in [0.2, 0.25) is 5.41 Å². The molecule has 0 rings (SSSR count). The van der Waals surface area contributed by atoms with Crippen molar-refractivity contribution in [3.05, 3.63) is 0 Å². The molecule has 0 saturated carbocycles. The van der Waals surface area contributed by atoms with Crippen LogP contribution in [0.1, 0.15) is 20.8 Å². The van der Waals surface area contributed by atoms with E-state index in [9.17, 15) is 57.1 Å². The molecule has 0 unspecified atom stereocenters. The third-order valence-electron chi connectivity index (χ3n) is 3.20. The number of hydrogen-bond donors (Lipinski definition) is 0. The van der Waals surface area contributed by atoms with E-state index < -0.39 is 41.2 Å². The smallest absolute Gasteiger partial charge is 0.198 e. The van der Waals surface area contributed by atoms with E-state index in [4.69, 9.17) is 0 Å². The van der Waals surface area contributed by atoms with Crippen molar-refractivity contribution in [3.8, 4) is 0 Å². The summed E-state index contributed by atoms with van der Waals surface area (Å²) in [6.45, 7) is -0.475. The molecule has 0 aromatic carbocycles. The van der Waals surface area contributed by atoms with Gasteiger partial charge in [-0.05, 0) is 5.41 Å². The second kappa shape index (κ2) is 5.04. The Bertz CT molecular complexity index is 392. The Hall–Kier alpha value is -0.910. The van der Waals surface area contributed by atoms with E-state index in [0.717, 1.165) is 0 Å². The average Bonchev–Trinajstić information content (AvgIpc) is 2.06. The minimum absolute atomic E-state index is 0.158. The summed E-state index contributed by atoms with van der Waals surface area (Å²) < 4.78 is 166. The fraction of sp³-hybridized carbons (Fsp3) is 1.00. The van der Waals surface area contributed by atoms with Gasteiger partial charge in [-0.2, -0.15) is 57.1 Å². The molecule has 23 heavy (non-hydrogen) atoms. The van der Waals surface area contributed by atoms with Gasteiger partial charge in [0.25, 0.3) is 0 Å². The van der Waals surface area contributed by atoms with Gasteiger partial charge >= 0.3 is 30.4 Å². The molecule has 0 N–H and O–H groups in total. The first kappa shape index (κ1) is 22.1. The lowest BCUT2D eigenvalue weighted by molar-refractivity contribution is -0.480. The first-order chi connectivity index (χ1) is 9.50. The fourth-order valence-electron chi connectivity index (χ4n) is 2.25. The van der Waals surface area contributed by atoms with E-state index in [1.165, 1.54) is 0 Å². The van der Waals surface area contributed by atoms with Crippen LogP contribution in [0.3, 0.4) is 0 Å². The molecular weight excluding hydrogens is 367 g/mol. The molecule has 13 heteroatoms. The van der Waals surface area contributed by atoms with Gasteiger partial charge in [-0.15, -0.1) is 0 Å². The summed E-state index contributed by atoms with van der Waals surface area (Å²) in [7, 11) is 0. The summed E-state index contributed by atoms with van der Waals surface area (Å²) in [6.07, 6.45) is -21.7. The summed E-state index contributed by atoms with van der Waals surface area (Å²) >= 11 is 0. The Labute approximate surface area is 120 Å². The van der Waals surface area contributed by atoms with Crippen LogP contribution in [0.2, 0.25) is 0 Å². The highest BCUT2D eigenvalue weighted by atomic mass is 19.4. The summed E-state index contributed by atoms with van der Waals surface area (Å²) in [4.78, 5) is 0. The zero-order valence-corrected chi connectivity index (χ0v) is 11.4. The molecule has 0 nitrogen and oxygen atoms in total. The SMILES string of the molecule is CC(C)(C)C(C(F)(F)F)(C(F)(F)F)C(F)(F)C(F)(F)C(F)(F)F. The molecule has 0 amide bonds.